The zero-order valence-electron chi connectivity index (χ0n) is 10.1. The van der Waals surface area contributed by atoms with Crippen LogP contribution in [0.3, 0.4) is 0 Å². The van der Waals surface area contributed by atoms with E-state index in [1.165, 1.54) is 28.6 Å². The van der Waals surface area contributed by atoms with Crippen molar-refractivity contribution in [1.82, 2.24) is 4.31 Å². The van der Waals surface area contributed by atoms with Gasteiger partial charge in [-0.15, -0.1) is 0 Å². The molecular formula is C11H14N2O5S. The van der Waals surface area contributed by atoms with Gasteiger partial charge >= 0.3 is 0 Å². The Labute approximate surface area is 110 Å². The Morgan fingerprint density at radius 1 is 1.42 bits per heavy atom. The lowest BCUT2D eigenvalue weighted by Crippen LogP contribution is -2.29. The van der Waals surface area contributed by atoms with Gasteiger partial charge in [0.25, 0.3) is 5.69 Å². The molecule has 1 fully saturated rings. The highest BCUT2D eigenvalue weighted by Crippen LogP contribution is 2.29. The molecule has 1 aromatic rings. The minimum absolute atomic E-state index is 0.0805. The average Bonchev–Trinajstić information content (AvgIpc) is 2.88. The molecule has 8 heteroatoms. The van der Waals surface area contributed by atoms with Crippen LogP contribution in [0.2, 0.25) is 0 Å². The number of aliphatic hydroxyl groups is 1. The molecule has 1 aromatic carbocycles. The molecule has 0 amide bonds. The molecule has 1 heterocycles. The van der Waals surface area contributed by atoms with Crippen molar-refractivity contribution in [3.8, 4) is 0 Å². The summed E-state index contributed by atoms with van der Waals surface area (Å²) in [5, 5.41) is 19.9. The molecule has 1 aliphatic heterocycles. The third kappa shape index (κ3) is 2.60. The van der Waals surface area contributed by atoms with Gasteiger partial charge in [0.1, 0.15) is 0 Å². The number of sulfonamides is 1. The number of nitro groups is 1. The van der Waals surface area contributed by atoms with Gasteiger partial charge in [-0.1, -0.05) is 12.1 Å². The van der Waals surface area contributed by atoms with Crippen molar-refractivity contribution in [2.24, 2.45) is 5.92 Å². The summed E-state index contributed by atoms with van der Waals surface area (Å²) in [5.41, 5.74) is -0.421. The van der Waals surface area contributed by atoms with Crippen molar-refractivity contribution in [2.75, 3.05) is 19.7 Å². The molecule has 104 valence electrons. The largest absolute Gasteiger partial charge is 0.396 e. The van der Waals surface area contributed by atoms with Crippen LogP contribution < -0.4 is 0 Å². The number of nitro benzene ring substituents is 1. The summed E-state index contributed by atoms with van der Waals surface area (Å²) >= 11 is 0. The molecule has 0 saturated carbocycles. The Morgan fingerprint density at radius 3 is 2.68 bits per heavy atom. The van der Waals surface area contributed by atoms with Crippen LogP contribution in [-0.4, -0.2) is 42.4 Å². The average molecular weight is 286 g/mol. The van der Waals surface area contributed by atoms with Crippen molar-refractivity contribution in [3.63, 3.8) is 0 Å². The van der Waals surface area contributed by atoms with Crippen LogP contribution in [0, 0.1) is 16.0 Å². The van der Waals surface area contributed by atoms with Gasteiger partial charge in [0.2, 0.25) is 10.0 Å². The first-order chi connectivity index (χ1) is 8.96. The predicted molar refractivity (Wildman–Crippen MR) is 67.0 cm³/mol. The van der Waals surface area contributed by atoms with E-state index >= 15 is 0 Å². The molecule has 7 nitrogen and oxygen atoms in total. The molecule has 1 saturated heterocycles. The van der Waals surface area contributed by atoms with Crippen molar-refractivity contribution < 1.29 is 18.4 Å². The van der Waals surface area contributed by atoms with E-state index in [9.17, 15) is 18.5 Å². The van der Waals surface area contributed by atoms with Crippen LogP contribution in [0.1, 0.15) is 6.42 Å². The smallest absolute Gasteiger partial charge is 0.289 e. The van der Waals surface area contributed by atoms with Gasteiger partial charge in [-0.25, -0.2) is 8.42 Å². The molecule has 0 aliphatic carbocycles. The molecular weight excluding hydrogens is 272 g/mol. The van der Waals surface area contributed by atoms with E-state index < -0.39 is 20.6 Å². The zero-order chi connectivity index (χ0) is 14.0. The summed E-state index contributed by atoms with van der Waals surface area (Å²) in [6.45, 7) is 0.396. The van der Waals surface area contributed by atoms with Gasteiger partial charge in [0.05, 0.1) is 4.92 Å². The second kappa shape index (κ2) is 5.24. The number of hydrogen-bond donors (Lipinski definition) is 1. The molecule has 19 heavy (non-hydrogen) atoms. The van der Waals surface area contributed by atoms with E-state index in [4.69, 9.17) is 5.11 Å². The van der Waals surface area contributed by atoms with E-state index in [1.807, 2.05) is 0 Å². The zero-order valence-corrected chi connectivity index (χ0v) is 10.9. The van der Waals surface area contributed by atoms with Gasteiger partial charge in [-0.2, -0.15) is 4.31 Å². The molecule has 0 bridgehead atoms. The van der Waals surface area contributed by atoms with Crippen molar-refractivity contribution in [1.29, 1.82) is 0 Å². The molecule has 1 atom stereocenters. The number of nitrogens with zero attached hydrogens (tertiary/aromatic N) is 2. The molecule has 1 aliphatic rings. The topological polar surface area (TPSA) is 101 Å². The number of rotatable bonds is 4. The SMILES string of the molecule is O=[N+]([O-])c1ccccc1S(=O)(=O)N1CCC(CO)C1. The van der Waals surface area contributed by atoms with E-state index in [0.717, 1.165) is 0 Å². The van der Waals surface area contributed by atoms with Crippen LogP contribution in [0.25, 0.3) is 0 Å². The maximum absolute atomic E-state index is 12.4. The Morgan fingerprint density at radius 2 is 2.11 bits per heavy atom. The lowest BCUT2D eigenvalue weighted by atomic mass is 10.1. The van der Waals surface area contributed by atoms with Gasteiger partial charge in [-0.05, 0) is 18.4 Å². The van der Waals surface area contributed by atoms with Crippen LogP contribution in [0.4, 0.5) is 5.69 Å². The van der Waals surface area contributed by atoms with E-state index in [1.54, 1.807) is 0 Å². The molecule has 1 N–H and O–H groups in total. The minimum Gasteiger partial charge on any atom is -0.396 e. The summed E-state index contributed by atoms with van der Waals surface area (Å²) in [5.74, 6) is -0.0995. The van der Waals surface area contributed by atoms with E-state index in [2.05, 4.69) is 0 Å². The lowest BCUT2D eigenvalue weighted by molar-refractivity contribution is -0.387. The number of aliphatic hydroxyl groups excluding tert-OH is 1. The highest BCUT2D eigenvalue weighted by Gasteiger charge is 2.35. The van der Waals surface area contributed by atoms with Gasteiger partial charge in [-0.3, -0.25) is 10.1 Å². The number of hydrogen-bond acceptors (Lipinski definition) is 5. The summed E-state index contributed by atoms with van der Waals surface area (Å²) < 4.78 is 25.9. The number of para-hydroxylation sites is 1. The first-order valence-corrected chi connectivity index (χ1v) is 7.25. The summed E-state index contributed by atoms with van der Waals surface area (Å²) in [7, 11) is -3.88. The first-order valence-electron chi connectivity index (χ1n) is 5.81. The highest BCUT2D eigenvalue weighted by molar-refractivity contribution is 7.89. The fraction of sp³-hybridized carbons (Fsp3) is 0.455. The predicted octanol–water partition coefficient (Wildman–Crippen LogP) is 0.598. The molecule has 0 radical (unpaired) electrons. The Bertz CT molecular complexity index is 587. The fourth-order valence-electron chi connectivity index (χ4n) is 2.13. The summed E-state index contributed by atoms with van der Waals surface area (Å²) in [6, 6.07) is 5.30. The van der Waals surface area contributed by atoms with Crippen molar-refractivity contribution in [2.45, 2.75) is 11.3 Å². The van der Waals surface area contributed by atoms with Crippen LogP contribution >= 0.6 is 0 Å². The second-order valence-electron chi connectivity index (χ2n) is 4.43. The Hall–Kier alpha value is -1.51. The van der Waals surface area contributed by atoms with Crippen molar-refractivity contribution in [3.05, 3.63) is 34.4 Å². The molecule has 1 unspecified atom stereocenters. The maximum atomic E-state index is 12.4. The van der Waals surface area contributed by atoms with Gasteiger partial charge in [0, 0.05) is 25.8 Å². The van der Waals surface area contributed by atoms with E-state index in [0.29, 0.717) is 6.42 Å². The highest BCUT2D eigenvalue weighted by atomic mass is 32.2. The second-order valence-corrected chi connectivity index (χ2v) is 6.33. The quantitative estimate of drug-likeness (QED) is 0.645. The molecule has 0 aromatic heterocycles. The monoisotopic (exact) mass is 286 g/mol. The first kappa shape index (κ1) is 13.9. The third-order valence-electron chi connectivity index (χ3n) is 3.19. The lowest BCUT2D eigenvalue weighted by Gasteiger charge is -2.16. The Balaban J connectivity index is 2.38. The molecule has 2 rings (SSSR count). The van der Waals surface area contributed by atoms with Gasteiger partial charge in [0.15, 0.2) is 4.90 Å². The normalized spacial score (nSPS) is 20.6. The Kier molecular flexibility index (Phi) is 3.83. The van der Waals surface area contributed by atoms with E-state index in [-0.39, 0.29) is 30.5 Å². The van der Waals surface area contributed by atoms with Crippen LogP contribution in [0.5, 0.6) is 0 Å². The third-order valence-corrected chi connectivity index (χ3v) is 5.10. The standard InChI is InChI=1S/C11H14N2O5S/c14-8-9-5-6-12(7-9)19(17,18)11-4-2-1-3-10(11)13(15)16/h1-4,9,14H,5-8H2. The van der Waals surface area contributed by atoms with Crippen LogP contribution in [-0.2, 0) is 10.0 Å². The fourth-order valence-corrected chi connectivity index (χ4v) is 3.82. The summed E-state index contributed by atoms with van der Waals surface area (Å²) in [6.07, 6.45) is 0.566. The minimum atomic E-state index is -3.88. The van der Waals surface area contributed by atoms with Crippen LogP contribution in [0.15, 0.2) is 29.2 Å². The maximum Gasteiger partial charge on any atom is 0.289 e. The van der Waals surface area contributed by atoms with Gasteiger partial charge < -0.3 is 5.11 Å². The van der Waals surface area contributed by atoms with Crippen molar-refractivity contribution >= 4 is 15.7 Å². The summed E-state index contributed by atoms with van der Waals surface area (Å²) in [4.78, 5) is 9.89. The number of benzene rings is 1. The molecule has 0 spiro atoms.